The largest absolute Gasteiger partial charge is 0.384 e. The van der Waals surface area contributed by atoms with Crippen LogP contribution in [0.1, 0.15) is 5.56 Å². The molecule has 0 spiro atoms. The summed E-state index contributed by atoms with van der Waals surface area (Å²) in [6.07, 6.45) is 1.45. The first-order valence-corrected chi connectivity index (χ1v) is 15.3. The highest BCUT2D eigenvalue weighted by molar-refractivity contribution is 7.94. The maximum Gasteiger partial charge on any atom is 0.265 e. The minimum atomic E-state index is -3.73. The molecule has 5 rings (SSSR count). The first-order chi connectivity index (χ1) is 18.8. The third-order valence-corrected chi connectivity index (χ3v) is 9.93. The number of carbonyl (C=O) groups is 1. The van der Waals surface area contributed by atoms with E-state index in [1.54, 1.807) is 30.3 Å². The molecule has 1 fully saturated rings. The van der Waals surface area contributed by atoms with E-state index in [4.69, 9.17) is 16.3 Å². The van der Waals surface area contributed by atoms with Crippen molar-refractivity contribution in [3.8, 4) is 5.69 Å². The number of halogens is 1. The fourth-order valence-corrected chi connectivity index (χ4v) is 7.21. The lowest BCUT2D eigenvalue weighted by Crippen LogP contribution is -2.39. The number of nitrogens with zero attached hydrogens (tertiary/aromatic N) is 3. The van der Waals surface area contributed by atoms with E-state index in [2.05, 4.69) is 15.2 Å². The van der Waals surface area contributed by atoms with Crippen LogP contribution in [-0.4, -0.2) is 73.8 Å². The van der Waals surface area contributed by atoms with E-state index in [1.165, 1.54) is 23.0 Å². The van der Waals surface area contributed by atoms with Gasteiger partial charge in [0.2, 0.25) is 0 Å². The zero-order chi connectivity index (χ0) is 27.4. The molecule has 12 heteroatoms. The summed E-state index contributed by atoms with van der Waals surface area (Å²) in [5, 5.41) is 3.89. The molecule has 0 saturated carbocycles. The van der Waals surface area contributed by atoms with Gasteiger partial charge in [0, 0.05) is 38.3 Å². The molecule has 3 heterocycles. The summed E-state index contributed by atoms with van der Waals surface area (Å²) in [6, 6.07) is 15.3. The molecule has 1 N–H and O–H groups in total. The number of ether oxygens (including phenoxy) is 1. The van der Waals surface area contributed by atoms with Crippen LogP contribution in [0, 0.1) is 0 Å². The number of benzene rings is 2. The maximum absolute atomic E-state index is 13.2. The Morgan fingerprint density at radius 3 is 2.56 bits per heavy atom. The number of hydrogen-bond acceptors (Lipinski definition) is 9. The molecule has 39 heavy (non-hydrogen) atoms. The number of morpholine rings is 1. The average molecular weight is 587 g/mol. The summed E-state index contributed by atoms with van der Waals surface area (Å²) < 4.78 is 32.1. The van der Waals surface area contributed by atoms with Gasteiger partial charge in [-0.1, -0.05) is 23.7 Å². The van der Waals surface area contributed by atoms with Crippen molar-refractivity contribution in [3.05, 3.63) is 81.2 Å². The van der Waals surface area contributed by atoms with Crippen LogP contribution in [0.5, 0.6) is 0 Å². The van der Waals surface area contributed by atoms with Crippen molar-refractivity contribution in [1.29, 1.82) is 0 Å². The van der Waals surface area contributed by atoms with E-state index in [0.29, 0.717) is 26.5 Å². The molecule has 1 aliphatic rings. The van der Waals surface area contributed by atoms with Crippen molar-refractivity contribution in [1.82, 2.24) is 14.5 Å². The summed E-state index contributed by atoms with van der Waals surface area (Å²) in [5.74, 6) is -1.02. The monoisotopic (exact) mass is 586 g/mol. The van der Waals surface area contributed by atoms with E-state index in [0.717, 1.165) is 56.4 Å². The van der Waals surface area contributed by atoms with Crippen LogP contribution < -0.4 is 10.9 Å². The van der Waals surface area contributed by atoms with E-state index in [1.807, 2.05) is 12.1 Å². The normalized spacial score (nSPS) is 14.5. The van der Waals surface area contributed by atoms with Crippen molar-refractivity contribution < 1.29 is 17.9 Å². The molecule has 1 aliphatic heterocycles. The highest BCUT2D eigenvalue weighted by atomic mass is 35.5. The van der Waals surface area contributed by atoms with Gasteiger partial charge in [0.1, 0.15) is 16.3 Å². The number of fused-ring (bicyclic) bond motifs is 1. The fourth-order valence-electron chi connectivity index (χ4n) is 4.40. The quantitative estimate of drug-likeness (QED) is 0.301. The van der Waals surface area contributed by atoms with Crippen LogP contribution in [0.25, 0.3) is 16.6 Å². The molecule has 0 aliphatic carbocycles. The van der Waals surface area contributed by atoms with Gasteiger partial charge in [-0.2, -0.15) is 0 Å². The third-order valence-electron chi connectivity index (χ3n) is 6.44. The molecule has 4 aromatic rings. The number of nitrogens with one attached hydrogen (secondary N) is 1. The Kier molecular flexibility index (Phi) is 8.43. The van der Waals surface area contributed by atoms with E-state index >= 15 is 0 Å². The van der Waals surface area contributed by atoms with Crippen LogP contribution in [0.4, 0.5) is 5.69 Å². The van der Waals surface area contributed by atoms with Gasteiger partial charge in [0.15, 0.2) is 15.6 Å². The van der Waals surface area contributed by atoms with Crippen LogP contribution >= 0.6 is 22.9 Å². The fraction of sp³-hybridized carbons (Fsp3) is 0.296. The number of thiophene rings is 1. The Labute approximate surface area is 234 Å². The number of sulfone groups is 1. The number of anilines is 1. The number of ketones is 1. The number of rotatable bonds is 10. The van der Waals surface area contributed by atoms with Crippen LogP contribution in [0.2, 0.25) is 4.34 Å². The smallest absolute Gasteiger partial charge is 0.265 e. The van der Waals surface area contributed by atoms with Crippen molar-refractivity contribution in [2.75, 3.05) is 50.5 Å². The Bertz CT molecular complexity index is 1640. The molecular formula is C27H27ClN4O5S2. The third kappa shape index (κ3) is 6.74. The Morgan fingerprint density at radius 2 is 1.85 bits per heavy atom. The van der Waals surface area contributed by atoms with Crippen LogP contribution in [0.15, 0.2) is 69.9 Å². The average Bonchev–Trinajstić information content (AvgIpc) is 3.37. The van der Waals surface area contributed by atoms with Gasteiger partial charge in [0.05, 0.1) is 34.1 Å². The highest BCUT2D eigenvalue weighted by Gasteiger charge is 2.21. The van der Waals surface area contributed by atoms with Gasteiger partial charge >= 0.3 is 0 Å². The molecule has 0 bridgehead atoms. The summed E-state index contributed by atoms with van der Waals surface area (Å²) in [6.45, 7) is 5.10. The maximum atomic E-state index is 13.2. The van der Waals surface area contributed by atoms with Gasteiger partial charge in [0.25, 0.3) is 5.56 Å². The van der Waals surface area contributed by atoms with Crippen molar-refractivity contribution >= 4 is 55.1 Å². The predicted molar refractivity (Wildman–Crippen MR) is 153 cm³/mol. The van der Waals surface area contributed by atoms with Gasteiger partial charge in [-0.3, -0.25) is 19.1 Å². The van der Waals surface area contributed by atoms with Crippen molar-refractivity contribution in [2.45, 2.75) is 10.6 Å². The van der Waals surface area contributed by atoms with Gasteiger partial charge < -0.3 is 10.1 Å². The Balaban J connectivity index is 1.23. The zero-order valence-electron chi connectivity index (χ0n) is 21.0. The summed E-state index contributed by atoms with van der Waals surface area (Å²) in [4.78, 5) is 32.5. The van der Waals surface area contributed by atoms with Gasteiger partial charge in [-0.25, -0.2) is 13.4 Å². The second kappa shape index (κ2) is 12.0. The SMILES string of the molecule is O=C(Cc1ccc(-n2cnc3cc(NCCN4CCOCC4)ccc3c2=O)cc1)CS(=O)(=O)c1ccc(Cl)s1. The number of hydrogen-bond donors (Lipinski definition) is 1. The van der Waals surface area contributed by atoms with Gasteiger partial charge in [-0.05, 0) is 48.0 Å². The lowest BCUT2D eigenvalue weighted by Gasteiger charge is -2.26. The number of Topliss-reactive ketones (excluding diaryl/α,β-unsaturated/α-hetero) is 1. The van der Waals surface area contributed by atoms with E-state index in [-0.39, 0.29) is 16.2 Å². The Morgan fingerprint density at radius 1 is 1.08 bits per heavy atom. The molecule has 0 radical (unpaired) electrons. The standard InChI is InChI=1S/C27H27ClN4O5S2/c28-25-7-8-26(38-25)39(35,36)17-22(33)15-19-1-4-21(5-2-19)32-18-30-24-16-20(3-6-23(24)27(32)34)29-9-10-31-11-13-37-14-12-31/h1-8,16,18,29H,9-15,17H2. The molecule has 2 aromatic heterocycles. The summed E-state index contributed by atoms with van der Waals surface area (Å²) in [7, 11) is -3.73. The van der Waals surface area contributed by atoms with E-state index in [9.17, 15) is 18.0 Å². The molecule has 204 valence electrons. The molecule has 9 nitrogen and oxygen atoms in total. The lowest BCUT2D eigenvalue weighted by atomic mass is 10.1. The Hall–Kier alpha value is -3.09. The summed E-state index contributed by atoms with van der Waals surface area (Å²) in [5.41, 5.74) is 2.54. The predicted octanol–water partition coefficient (Wildman–Crippen LogP) is 3.43. The van der Waals surface area contributed by atoms with E-state index < -0.39 is 21.4 Å². The van der Waals surface area contributed by atoms with Crippen LogP contribution in [0.3, 0.4) is 0 Å². The first-order valence-electron chi connectivity index (χ1n) is 12.4. The lowest BCUT2D eigenvalue weighted by molar-refractivity contribution is -0.116. The van der Waals surface area contributed by atoms with Crippen molar-refractivity contribution in [3.63, 3.8) is 0 Å². The molecule has 2 aromatic carbocycles. The zero-order valence-corrected chi connectivity index (χ0v) is 23.4. The number of carbonyl (C=O) groups excluding carboxylic acids is 1. The molecule has 0 amide bonds. The van der Waals surface area contributed by atoms with Crippen molar-refractivity contribution in [2.24, 2.45) is 0 Å². The summed E-state index contributed by atoms with van der Waals surface area (Å²) >= 11 is 6.76. The second-order valence-corrected chi connectivity index (χ2v) is 13.2. The minimum Gasteiger partial charge on any atom is -0.384 e. The first kappa shape index (κ1) is 27.5. The number of aromatic nitrogens is 2. The van der Waals surface area contributed by atoms with Gasteiger partial charge in [-0.15, -0.1) is 11.3 Å². The molecule has 0 atom stereocenters. The second-order valence-electron chi connectivity index (χ2n) is 9.23. The van der Waals surface area contributed by atoms with Crippen LogP contribution in [-0.2, 0) is 25.8 Å². The minimum absolute atomic E-state index is 0.0369. The highest BCUT2D eigenvalue weighted by Crippen LogP contribution is 2.26. The topological polar surface area (TPSA) is 111 Å². The molecular weight excluding hydrogens is 560 g/mol. The molecule has 0 unspecified atom stereocenters. The molecule has 1 saturated heterocycles.